The molecule has 2 aromatic rings. The summed E-state index contributed by atoms with van der Waals surface area (Å²) < 4.78 is 35.8. The number of phenols is 2. The van der Waals surface area contributed by atoms with Crippen molar-refractivity contribution in [1.29, 1.82) is 0 Å². The summed E-state index contributed by atoms with van der Waals surface area (Å²) in [6.45, 7) is 1.77. The van der Waals surface area contributed by atoms with Gasteiger partial charge in [0.25, 0.3) is 17.7 Å². The molecule has 336 valence electrons. The Kier molecular flexibility index (Phi) is 12.1. The van der Waals surface area contributed by atoms with Crippen LogP contribution in [0.3, 0.4) is 0 Å². The van der Waals surface area contributed by atoms with Gasteiger partial charge in [0.05, 0.1) is 49.2 Å². The Morgan fingerprint density at radius 2 is 1.65 bits per heavy atom. The summed E-state index contributed by atoms with van der Waals surface area (Å²) in [4.78, 5) is 93.1. The molecule has 8 atom stereocenters. The first-order valence-corrected chi connectivity index (χ1v) is 20.5. The third-order valence-corrected chi connectivity index (χ3v) is 12.2. The smallest absolute Gasteiger partial charge is 0.253 e. The number of rotatable bonds is 13. The van der Waals surface area contributed by atoms with E-state index in [0.29, 0.717) is 13.2 Å². The molecule has 8 rings (SSSR count). The van der Waals surface area contributed by atoms with Gasteiger partial charge in [-0.05, 0) is 13.0 Å². The molecule has 2 unspecified atom stereocenters. The number of nitrogens with zero attached hydrogens (tertiary/aromatic N) is 2. The van der Waals surface area contributed by atoms with E-state index in [4.69, 9.17) is 28.4 Å². The number of morpholine rings is 1. The Morgan fingerprint density at radius 3 is 2.38 bits per heavy atom. The van der Waals surface area contributed by atoms with Gasteiger partial charge in [-0.1, -0.05) is 12.1 Å². The van der Waals surface area contributed by atoms with Gasteiger partial charge in [0.2, 0.25) is 17.6 Å². The highest BCUT2D eigenvalue weighted by Gasteiger charge is 2.55. The van der Waals surface area contributed by atoms with Crippen molar-refractivity contribution in [2.24, 2.45) is 0 Å². The molecule has 4 aliphatic heterocycles. The average molecular weight is 878 g/mol. The van der Waals surface area contributed by atoms with Gasteiger partial charge < -0.3 is 59.7 Å². The van der Waals surface area contributed by atoms with Crippen molar-refractivity contribution in [3.05, 3.63) is 63.7 Å². The lowest BCUT2D eigenvalue weighted by atomic mass is 9.72. The first-order valence-electron chi connectivity index (χ1n) is 20.5. The summed E-state index contributed by atoms with van der Waals surface area (Å²) in [5.74, 6) is -6.13. The van der Waals surface area contributed by atoms with Crippen LogP contribution >= 0.6 is 0 Å². The van der Waals surface area contributed by atoms with E-state index in [2.05, 4.69) is 20.9 Å². The van der Waals surface area contributed by atoms with Gasteiger partial charge in [0.1, 0.15) is 29.0 Å². The number of ketones is 2. The minimum absolute atomic E-state index is 0.0753. The van der Waals surface area contributed by atoms with Crippen LogP contribution in [0.1, 0.15) is 75.3 Å². The number of amides is 5. The molecule has 5 amide bonds. The van der Waals surface area contributed by atoms with Crippen LogP contribution in [-0.2, 0) is 54.1 Å². The van der Waals surface area contributed by atoms with Crippen molar-refractivity contribution in [1.82, 2.24) is 25.8 Å². The Balaban J connectivity index is 1.00. The standard InChI is InChI=1S/C42H47N5O16/c1-19-38-22(46-13-14-60-40(59-3)39(46)63-38)15-29(61-19)62-24-17-42(57,41(56)44-11-10-43-26(49)18-45-25(48)9-12-47-27(50)7-8-28(47)51)16-21-31(24)37(55)33-32(35(21)53)34(52)20-5-4-6-23(58-2)30(20)36(33)54/h4-8,19,22,24,29,38-40,53,55,57H,9-18H2,1-3H3,(H,43,49)(H,44,56)(H,45,48)/t19-,22-,24?,29-,38+,39+,40-,42?/m0/s1. The second-order valence-corrected chi connectivity index (χ2v) is 16.0. The number of imide groups is 1. The van der Waals surface area contributed by atoms with E-state index in [1.165, 1.54) is 32.4 Å². The van der Waals surface area contributed by atoms with Crippen molar-refractivity contribution in [2.45, 2.75) is 81.4 Å². The van der Waals surface area contributed by atoms with Crippen LogP contribution < -0.4 is 20.7 Å². The zero-order chi connectivity index (χ0) is 44.9. The molecule has 3 saturated heterocycles. The van der Waals surface area contributed by atoms with E-state index in [-0.39, 0.29) is 66.5 Å². The van der Waals surface area contributed by atoms with Gasteiger partial charge in [-0.3, -0.25) is 43.4 Å². The molecule has 3 fully saturated rings. The molecule has 0 spiro atoms. The van der Waals surface area contributed by atoms with Gasteiger partial charge >= 0.3 is 0 Å². The fourth-order valence-corrected chi connectivity index (χ4v) is 9.24. The number of fused-ring (bicyclic) bond motifs is 6. The predicted molar refractivity (Wildman–Crippen MR) is 211 cm³/mol. The van der Waals surface area contributed by atoms with E-state index in [1.807, 2.05) is 0 Å². The molecular formula is C42H47N5O16. The van der Waals surface area contributed by atoms with Crippen molar-refractivity contribution in [3.8, 4) is 17.2 Å². The summed E-state index contributed by atoms with van der Waals surface area (Å²) in [5, 5.41) is 43.5. The Labute approximate surface area is 359 Å². The third-order valence-electron chi connectivity index (χ3n) is 12.2. The molecule has 21 nitrogen and oxygen atoms in total. The fourth-order valence-electron chi connectivity index (χ4n) is 9.24. The number of phenolic OH excluding ortho intramolecular Hbond substituents is 2. The highest BCUT2D eigenvalue weighted by molar-refractivity contribution is 6.31. The van der Waals surface area contributed by atoms with E-state index >= 15 is 0 Å². The number of methoxy groups -OCH3 is 2. The number of hydrogen-bond donors (Lipinski definition) is 6. The third kappa shape index (κ3) is 7.94. The molecule has 6 N–H and O–H groups in total. The number of ether oxygens (including phenoxy) is 6. The van der Waals surface area contributed by atoms with Crippen LogP contribution in [0, 0.1) is 0 Å². The second-order valence-electron chi connectivity index (χ2n) is 16.0. The summed E-state index contributed by atoms with van der Waals surface area (Å²) in [7, 11) is 2.84. The molecule has 2 aromatic carbocycles. The van der Waals surface area contributed by atoms with Crippen molar-refractivity contribution >= 4 is 41.1 Å². The first-order chi connectivity index (χ1) is 30.1. The highest BCUT2D eigenvalue weighted by atomic mass is 16.7. The molecule has 0 bridgehead atoms. The van der Waals surface area contributed by atoms with Crippen LogP contribution in [0.4, 0.5) is 0 Å². The molecule has 63 heavy (non-hydrogen) atoms. The molecule has 6 aliphatic rings. The van der Waals surface area contributed by atoms with Crippen LogP contribution in [0.15, 0.2) is 30.4 Å². The zero-order valence-electron chi connectivity index (χ0n) is 34.5. The minimum atomic E-state index is -2.34. The van der Waals surface area contributed by atoms with Crippen LogP contribution in [0.2, 0.25) is 0 Å². The summed E-state index contributed by atoms with van der Waals surface area (Å²) in [6, 6.07) is 4.13. The van der Waals surface area contributed by atoms with E-state index in [9.17, 15) is 48.9 Å². The minimum Gasteiger partial charge on any atom is -0.507 e. The summed E-state index contributed by atoms with van der Waals surface area (Å²) in [5.41, 5.74) is -3.84. The Bertz CT molecular complexity index is 2280. The number of hydrogen-bond acceptors (Lipinski definition) is 17. The number of aromatic hydroxyl groups is 2. The van der Waals surface area contributed by atoms with Gasteiger partial charge in [0, 0.05) is 93.9 Å². The molecule has 21 heteroatoms. The molecular weight excluding hydrogens is 830 g/mol. The summed E-state index contributed by atoms with van der Waals surface area (Å²) in [6.07, 6.45) is -3.44. The summed E-state index contributed by atoms with van der Waals surface area (Å²) >= 11 is 0. The van der Waals surface area contributed by atoms with Crippen LogP contribution in [0.25, 0.3) is 0 Å². The predicted octanol–water partition coefficient (Wildman–Crippen LogP) is -1.19. The lowest BCUT2D eigenvalue weighted by Crippen LogP contribution is -2.55. The molecule has 2 aliphatic carbocycles. The number of carbonyl (C=O) groups excluding carboxylic acids is 7. The van der Waals surface area contributed by atoms with E-state index in [1.54, 1.807) is 6.92 Å². The van der Waals surface area contributed by atoms with Gasteiger partial charge in [-0.2, -0.15) is 0 Å². The Hall–Kier alpha value is -5.81. The fraction of sp³-hybridized carbons (Fsp3) is 0.500. The first kappa shape index (κ1) is 43.8. The quantitative estimate of drug-likeness (QED) is 0.0669. The highest BCUT2D eigenvalue weighted by Crippen LogP contribution is 2.53. The number of aliphatic hydroxyl groups is 1. The molecule has 0 aromatic heterocycles. The van der Waals surface area contributed by atoms with Gasteiger partial charge in [-0.15, -0.1) is 0 Å². The maximum Gasteiger partial charge on any atom is 0.253 e. The average Bonchev–Trinajstić information content (AvgIpc) is 3.81. The normalized spacial score (nSPS) is 28.4. The lowest BCUT2D eigenvalue weighted by molar-refractivity contribution is -0.256. The largest absolute Gasteiger partial charge is 0.507 e. The monoisotopic (exact) mass is 877 g/mol. The second kappa shape index (κ2) is 17.4. The molecule has 0 radical (unpaired) electrons. The number of benzene rings is 2. The maximum absolute atomic E-state index is 14.1. The van der Waals surface area contributed by atoms with Crippen molar-refractivity contribution in [3.63, 3.8) is 0 Å². The van der Waals surface area contributed by atoms with E-state index in [0.717, 1.165) is 17.1 Å². The molecule has 4 heterocycles. The topological polar surface area (TPSA) is 278 Å². The van der Waals surface area contributed by atoms with Crippen LogP contribution in [-0.4, -0.2) is 162 Å². The van der Waals surface area contributed by atoms with Gasteiger partial charge in [-0.25, -0.2) is 0 Å². The maximum atomic E-state index is 14.1. The van der Waals surface area contributed by atoms with Crippen molar-refractivity contribution in [2.75, 3.05) is 53.6 Å². The number of nitrogens with one attached hydrogen (secondary N) is 3. The zero-order valence-corrected chi connectivity index (χ0v) is 34.5. The van der Waals surface area contributed by atoms with Gasteiger partial charge in [0.15, 0.2) is 24.6 Å². The SMILES string of the molecule is COc1cccc2c1C(=O)c1c(O)c3c(c(O)c1C2=O)CC(O)(C(=O)NCCNC(=O)CNC(=O)CCN1C(=O)C=CC1=O)CC3O[C@H]1C[C@H]2[C@H](O[C@@H]3[C@@H](OC)OCCN32)[C@H](C)O1. The molecule has 0 saturated carbocycles. The van der Waals surface area contributed by atoms with Crippen molar-refractivity contribution < 1.29 is 77.3 Å². The van der Waals surface area contributed by atoms with E-state index < -0.39 is 126 Å². The van der Waals surface area contributed by atoms with Crippen LogP contribution in [0.5, 0.6) is 17.2 Å². The number of carbonyl (C=O) groups is 7. The lowest BCUT2D eigenvalue weighted by Gasteiger charge is -2.43. The Morgan fingerprint density at radius 1 is 0.921 bits per heavy atom.